The maximum atomic E-state index is 5.42. The SMILES string of the molecule is CC#CCCOc1ccc(CN)nc1. The van der Waals surface area contributed by atoms with Crippen LogP contribution in [0.3, 0.4) is 0 Å². The molecule has 0 saturated heterocycles. The highest BCUT2D eigenvalue weighted by molar-refractivity contribution is 5.19. The molecule has 1 rings (SSSR count). The van der Waals surface area contributed by atoms with Crippen molar-refractivity contribution in [3.63, 3.8) is 0 Å². The van der Waals surface area contributed by atoms with Crippen molar-refractivity contribution in [2.75, 3.05) is 6.61 Å². The van der Waals surface area contributed by atoms with Crippen LogP contribution in [0.4, 0.5) is 0 Å². The molecule has 1 aromatic rings. The summed E-state index contributed by atoms with van der Waals surface area (Å²) < 4.78 is 5.40. The molecule has 2 N–H and O–H groups in total. The minimum absolute atomic E-state index is 0.460. The Hall–Kier alpha value is -1.53. The molecule has 14 heavy (non-hydrogen) atoms. The Morgan fingerprint density at radius 2 is 2.36 bits per heavy atom. The number of nitrogens with zero attached hydrogens (tertiary/aromatic N) is 1. The predicted octanol–water partition coefficient (Wildman–Crippen LogP) is 1.33. The molecule has 0 aliphatic rings. The van der Waals surface area contributed by atoms with Crippen LogP contribution in [0.2, 0.25) is 0 Å². The van der Waals surface area contributed by atoms with Gasteiger partial charge in [0.15, 0.2) is 0 Å². The highest BCUT2D eigenvalue weighted by Crippen LogP contribution is 2.08. The average Bonchev–Trinajstić information content (AvgIpc) is 2.25. The molecule has 3 nitrogen and oxygen atoms in total. The van der Waals surface area contributed by atoms with E-state index in [1.807, 2.05) is 19.1 Å². The van der Waals surface area contributed by atoms with Crippen LogP contribution in [0.5, 0.6) is 5.75 Å². The summed E-state index contributed by atoms with van der Waals surface area (Å²) in [5, 5.41) is 0. The van der Waals surface area contributed by atoms with Crippen molar-refractivity contribution in [2.24, 2.45) is 5.73 Å². The van der Waals surface area contributed by atoms with E-state index in [1.54, 1.807) is 6.20 Å². The number of rotatable bonds is 4. The Balaban J connectivity index is 2.38. The van der Waals surface area contributed by atoms with Gasteiger partial charge in [-0.15, -0.1) is 11.8 Å². The Bertz CT molecular complexity index is 321. The molecule has 1 heterocycles. The summed E-state index contributed by atoms with van der Waals surface area (Å²) in [7, 11) is 0. The van der Waals surface area contributed by atoms with Crippen molar-refractivity contribution in [3.8, 4) is 17.6 Å². The van der Waals surface area contributed by atoms with Crippen molar-refractivity contribution < 1.29 is 4.74 Å². The molecule has 0 aliphatic carbocycles. The van der Waals surface area contributed by atoms with E-state index in [4.69, 9.17) is 10.5 Å². The molecule has 0 spiro atoms. The summed E-state index contributed by atoms with van der Waals surface area (Å²) >= 11 is 0. The van der Waals surface area contributed by atoms with Gasteiger partial charge in [0.2, 0.25) is 0 Å². The number of pyridine rings is 1. The second-order valence-electron chi connectivity index (χ2n) is 2.71. The van der Waals surface area contributed by atoms with Gasteiger partial charge in [-0.3, -0.25) is 4.98 Å². The lowest BCUT2D eigenvalue weighted by molar-refractivity contribution is 0.325. The fourth-order valence-corrected chi connectivity index (χ4v) is 0.962. The Morgan fingerprint density at radius 3 is 2.93 bits per heavy atom. The lowest BCUT2D eigenvalue weighted by atomic mass is 10.3. The zero-order valence-electron chi connectivity index (χ0n) is 8.29. The molecule has 0 bridgehead atoms. The third kappa shape index (κ3) is 3.46. The third-order valence-corrected chi connectivity index (χ3v) is 1.68. The van der Waals surface area contributed by atoms with E-state index >= 15 is 0 Å². The molecule has 0 aliphatic heterocycles. The first-order valence-corrected chi connectivity index (χ1v) is 4.54. The molecule has 1 aromatic heterocycles. The first kappa shape index (κ1) is 10.6. The van der Waals surface area contributed by atoms with E-state index < -0.39 is 0 Å². The fourth-order valence-electron chi connectivity index (χ4n) is 0.962. The molecular weight excluding hydrogens is 176 g/mol. The van der Waals surface area contributed by atoms with Crippen molar-refractivity contribution in [1.29, 1.82) is 0 Å². The van der Waals surface area contributed by atoms with Gasteiger partial charge in [-0.2, -0.15) is 0 Å². The van der Waals surface area contributed by atoms with Crippen LogP contribution in [0.1, 0.15) is 19.0 Å². The molecule has 0 amide bonds. The molecule has 0 saturated carbocycles. The summed E-state index contributed by atoms with van der Waals surface area (Å²) in [6, 6.07) is 3.73. The van der Waals surface area contributed by atoms with E-state index in [0.29, 0.717) is 13.2 Å². The number of ether oxygens (including phenoxy) is 1. The van der Waals surface area contributed by atoms with Gasteiger partial charge in [-0.1, -0.05) is 0 Å². The third-order valence-electron chi connectivity index (χ3n) is 1.68. The highest BCUT2D eigenvalue weighted by Gasteiger charge is 1.94. The summed E-state index contributed by atoms with van der Waals surface area (Å²) in [4.78, 5) is 4.11. The van der Waals surface area contributed by atoms with Crippen LogP contribution in [-0.4, -0.2) is 11.6 Å². The number of aromatic nitrogens is 1. The van der Waals surface area contributed by atoms with E-state index in [0.717, 1.165) is 17.9 Å². The maximum Gasteiger partial charge on any atom is 0.137 e. The van der Waals surface area contributed by atoms with E-state index in [-0.39, 0.29) is 0 Å². The normalized spacial score (nSPS) is 9.00. The highest BCUT2D eigenvalue weighted by atomic mass is 16.5. The molecule has 0 aromatic carbocycles. The average molecular weight is 190 g/mol. The van der Waals surface area contributed by atoms with Crippen molar-refractivity contribution in [3.05, 3.63) is 24.0 Å². The van der Waals surface area contributed by atoms with E-state index in [2.05, 4.69) is 16.8 Å². The lowest BCUT2D eigenvalue weighted by Crippen LogP contribution is -2.00. The first-order valence-electron chi connectivity index (χ1n) is 4.54. The minimum Gasteiger partial charge on any atom is -0.491 e. The number of hydrogen-bond donors (Lipinski definition) is 1. The standard InChI is InChI=1S/C11H14N2O/c1-2-3-4-7-14-11-6-5-10(8-12)13-9-11/h5-6,9H,4,7-8,12H2,1H3. The molecule has 0 unspecified atom stereocenters. The quantitative estimate of drug-likeness (QED) is 0.575. The first-order chi connectivity index (χ1) is 6.86. The van der Waals surface area contributed by atoms with E-state index in [1.165, 1.54) is 0 Å². The van der Waals surface area contributed by atoms with Crippen LogP contribution < -0.4 is 10.5 Å². The fraction of sp³-hybridized carbons (Fsp3) is 0.364. The Morgan fingerprint density at radius 1 is 1.50 bits per heavy atom. The monoisotopic (exact) mass is 190 g/mol. The summed E-state index contributed by atoms with van der Waals surface area (Å²) in [6.45, 7) is 2.88. The van der Waals surface area contributed by atoms with Gasteiger partial charge in [0.25, 0.3) is 0 Å². The molecule has 3 heteroatoms. The van der Waals surface area contributed by atoms with Gasteiger partial charge in [-0.05, 0) is 19.1 Å². The van der Waals surface area contributed by atoms with Gasteiger partial charge in [0.1, 0.15) is 5.75 Å². The molecule has 0 fully saturated rings. The van der Waals surface area contributed by atoms with Crippen LogP contribution in [0.25, 0.3) is 0 Å². The Kier molecular flexibility index (Phi) is 4.53. The Labute approximate surface area is 84.3 Å². The lowest BCUT2D eigenvalue weighted by Gasteiger charge is -2.03. The topological polar surface area (TPSA) is 48.1 Å². The van der Waals surface area contributed by atoms with Crippen LogP contribution in [0.15, 0.2) is 18.3 Å². The molecule has 0 atom stereocenters. The zero-order chi connectivity index (χ0) is 10.2. The second kappa shape index (κ2) is 6.01. The van der Waals surface area contributed by atoms with Gasteiger partial charge in [-0.25, -0.2) is 0 Å². The smallest absolute Gasteiger partial charge is 0.137 e. The number of hydrogen-bond acceptors (Lipinski definition) is 3. The summed E-state index contributed by atoms with van der Waals surface area (Å²) in [6.07, 6.45) is 2.43. The predicted molar refractivity (Wildman–Crippen MR) is 55.7 cm³/mol. The summed E-state index contributed by atoms with van der Waals surface area (Å²) in [5.74, 6) is 6.50. The second-order valence-corrected chi connectivity index (χ2v) is 2.71. The molecule has 0 radical (unpaired) electrons. The largest absolute Gasteiger partial charge is 0.491 e. The summed E-state index contributed by atoms with van der Waals surface area (Å²) in [5.41, 5.74) is 6.28. The van der Waals surface area contributed by atoms with E-state index in [9.17, 15) is 0 Å². The van der Waals surface area contributed by atoms with Gasteiger partial charge >= 0.3 is 0 Å². The van der Waals surface area contributed by atoms with Gasteiger partial charge in [0.05, 0.1) is 18.5 Å². The van der Waals surface area contributed by atoms with Crippen LogP contribution in [0, 0.1) is 11.8 Å². The number of nitrogens with two attached hydrogens (primary N) is 1. The van der Waals surface area contributed by atoms with Crippen LogP contribution in [-0.2, 0) is 6.54 Å². The minimum atomic E-state index is 0.460. The molecule has 74 valence electrons. The van der Waals surface area contributed by atoms with Crippen molar-refractivity contribution in [1.82, 2.24) is 4.98 Å². The zero-order valence-corrected chi connectivity index (χ0v) is 8.29. The van der Waals surface area contributed by atoms with Crippen molar-refractivity contribution >= 4 is 0 Å². The van der Waals surface area contributed by atoms with Gasteiger partial charge < -0.3 is 10.5 Å². The van der Waals surface area contributed by atoms with Crippen LogP contribution >= 0.6 is 0 Å². The maximum absolute atomic E-state index is 5.42. The van der Waals surface area contributed by atoms with Gasteiger partial charge in [0, 0.05) is 13.0 Å². The molecular formula is C11H14N2O. The van der Waals surface area contributed by atoms with Crippen molar-refractivity contribution in [2.45, 2.75) is 19.9 Å².